The van der Waals surface area contributed by atoms with Crippen LogP contribution in [0, 0.1) is 0 Å². The van der Waals surface area contributed by atoms with Crippen molar-refractivity contribution in [3.63, 3.8) is 0 Å². The number of unbranched alkanes of at least 4 members (excludes halogenated alkanes) is 19. The molecule has 1 heteroatoms. The van der Waals surface area contributed by atoms with Gasteiger partial charge in [0.2, 0.25) is 5.52 Å². The van der Waals surface area contributed by atoms with E-state index in [9.17, 15) is 0 Å². The van der Waals surface area contributed by atoms with Crippen molar-refractivity contribution >= 4 is 10.9 Å². The van der Waals surface area contributed by atoms with Gasteiger partial charge in [-0.05, 0) is 18.6 Å². The Morgan fingerprint density at radius 3 is 1.38 bits per heavy atom. The SMILES string of the molecule is CCCCCCCCCCCCCCCCCCCCCC[n+]1cccc2ccccc21. The number of fused-ring (bicyclic) bond motifs is 1. The van der Waals surface area contributed by atoms with E-state index < -0.39 is 0 Å². The lowest BCUT2D eigenvalue weighted by Crippen LogP contribution is -2.33. The van der Waals surface area contributed by atoms with Gasteiger partial charge in [-0.2, -0.15) is 4.57 Å². The zero-order chi connectivity index (χ0) is 22.5. The molecule has 0 aliphatic carbocycles. The highest BCUT2D eigenvalue weighted by atomic mass is 14.9. The Kier molecular flexibility index (Phi) is 16.1. The van der Waals surface area contributed by atoms with Crippen LogP contribution in [0.4, 0.5) is 0 Å². The van der Waals surface area contributed by atoms with Crippen LogP contribution in [0.15, 0.2) is 42.6 Å². The summed E-state index contributed by atoms with van der Waals surface area (Å²) >= 11 is 0. The molecule has 32 heavy (non-hydrogen) atoms. The van der Waals surface area contributed by atoms with Gasteiger partial charge in [-0.15, -0.1) is 0 Å². The van der Waals surface area contributed by atoms with Crippen LogP contribution >= 0.6 is 0 Å². The average molecular weight is 439 g/mol. The Hall–Kier alpha value is -1.37. The molecule has 0 unspecified atom stereocenters. The first-order valence-corrected chi connectivity index (χ1v) is 14.3. The Labute approximate surface area is 200 Å². The average Bonchev–Trinajstić information content (AvgIpc) is 2.83. The number of aromatic nitrogens is 1. The second-order valence-corrected chi connectivity index (χ2v) is 9.98. The fourth-order valence-corrected chi connectivity index (χ4v) is 4.95. The number of hydrogen-bond acceptors (Lipinski definition) is 0. The molecule has 0 saturated heterocycles. The van der Waals surface area contributed by atoms with Gasteiger partial charge < -0.3 is 0 Å². The van der Waals surface area contributed by atoms with Gasteiger partial charge in [0.05, 0.1) is 0 Å². The van der Waals surface area contributed by atoms with Crippen LogP contribution in [0.3, 0.4) is 0 Å². The Bertz CT molecular complexity index is 672. The lowest BCUT2D eigenvalue weighted by molar-refractivity contribution is -0.671. The summed E-state index contributed by atoms with van der Waals surface area (Å²) in [6.45, 7) is 3.45. The number of aryl methyl sites for hydroxylation is 1. The first-order valence-electron chi connectivity index (χ1n) is 14.3. The van der Waals surface area contributed by atoms with E-state index in [-0.39, 0.29) is 0 Å². The first kappa shape index (κ1) is 26.9. The summed E-state index contributed by atoms with van der Waals surface area (Å²) in [5, 5.41) is 1.35. The van der Waals surface area contributed by atoms with Crippen LogP contribution in [0.25, 0.3) is 10.9 Å². The molecule has 0 aliphatic rings. The van der Waals surface area contributed by atoms with Crippen molar-refractivity contribution in [1.29, 1.82) is 0 Å². The van der Waals surface area contributed by atoms with Crippen LogP contribution in [0.2, 0.25) is 0 Å². The molecule has 2 rings (SSSR count). The predicted octanol–water partition coefficient (Wildman–Crippen LogP) is 9.95. The highest BCUT2D eigenvalue weighted by molar-refractivity contribution is 5.74. The summed E-state index contributed by atoms with van der Waals surface area (Å²) < 4.78 is 2.42. The number of para-hydroxylation sites is 1. The van der Waals surface area contributed by atoms with Crippen LogP contribution in [-0.4, -0.2) is 0 Å². The van der Waals surface area contributed by atoms with Gasteiger partial charge in [0.1, 0.15) is 6.54 Å². The second-order valence-electron chi connectivity index (χ2n) is 9.98. The zero-order valence-corrected chi connectivity index (χ0v) is 21.3. The van der Waals surface area contributed by atoms with E-state index >= 15 is 0 Å². The first-order chi connectivity index (χ1) is 15.9. The largest absolute Gasteiger partial charge is 0.212 e. The van der Waals surface area contributed by atoms with Gasteiger partial charge >= 0.3 is 0 Å². The molecule has 0 saturated carbocycles. The molecule has 0 aliphatic heterocycles. The smallest absolute Gasteiger partial charge is 0.198 e. The maximum atomic E-state index is 2.42. The van der Waals surface area contributed by atoms with Gasteiger partial charge in [-0.1, -0.05) is 135 Å². The summed E-state index contributed by atoms with van der Waals surface area (Å²) in [5.41, 5.74) is 1.37. The fraction of sp³-hybridized carbons (Fsp3) is 0.710. The maximum absolute atomic E-state index is 2.42. The number of hydrogen-bond donors (Lipinski definition) is 0. The molecule has 1 aromatic carbocycles. The Morgan fingerprint density at radius 1 is 0.469 bits per heavy atom. The molecule has 0 atom stereocenters. The van der Waals surface area contributed by atoms with Crippen molar-refractivity contribution < 1.29 is 4.57 Å². The summed E-state index contributed by atoms with van der Waals surface area (Å²) in [7, 11) is 0. The zero-order valence-electron chi connectivity index (χ0n) is 21.3. The van der Waals surface area contributed by atoms with E-state index in [1.807, 2.05) is 0 Å². The maximum Gasteiger partial charge on any atom is 0.212 e. The van der Waals surface area contributed by atoms with Crippen molar-refractivity contribution in [2.24, 2.45) is 0 Å². The molecule has 0 radical (unpaired) electrons. The second kappa shape index (κ2) is 19.1. The normalized spacial score (nSPS) is 11.4. The molecular weight excluding hydrogens is 386 g/mol. The van der Waals surface area contributed by atoms with Crippen LogP contribution in [0.1, 0.15) is 135 Å². The fourth-order valence-electron chi connectivity index (χ4n) is 4.95. The highest BCUT2D eigenvalue weighted by Crippen LogP contribution is 2.15. The number of rotatable bonds is 21. The minimum absolute atomic E-state index is 1.15. The van der Waals surface area contributed by atoms with Crippen LogP contribution < -0.4 is 4.57 Å². The van der Waals surface area contributed by atoms with E-state index in [0.29, 0.717) is 0 Å². The topological polar surface area (TPSA) is 3.88 Å². The summed E-state index contributed by atoms with van der Waals surface area (Å²) in [6, 6.07) is 13.1. The minimum atomic E-state index is 1.15. The van der Waals surface area contributed by atoms with Gasteiger partial charge in [-0.25, -0.2) is 0 Å². The number of benzene rings is 1. The Balaban J connectivity index is 1.30. The molecule has 180 valence electrons. The quantitative estimate of drug-likeness (QED) is 0.135. The predicted molar refractivity (Wildman–Crippen MR) is 142 cm³/mol. The van der Waals surface area contributed by atoms with Crippen molar-refractivity contribution in [3.05, 3.63) is 42.6 Å². The third-order valence-corrected chi connectivity index (χ3v) is 7.04. The van der Waals surface area contributed by atoms with E-state index in [4.69, 9.17) is 0 Å². The van der Waals surface area contributed by atoms with Crippen molar-refractivity contribution in [2.75, 3.05) is 0 Å². The Morgan fingerprint density at radius 2 is 0.875 bits per heavy atom. The van der Waals surface area contributed by atoms with Gasteiger partial charge in [-0.3, -0.25) is 0 Å². The van der Waals surface area contributed by atoms with E-state index in [1.54, 1.807) is 0 Å². The van der Waals surface area contributed by atoms with Crippen LogP contribution in [0.5, 0.6) is 0 Å². The van der Waals surface area contributed by atoms with E-state index in [1.165, 1.54) is 139 Å². The van der Waals surface area contributed by atoms with Crippen LogP contribution in [-0.2, 0) is 6.54 Å². The standard InChI is InChI=1S/C31H52N/c1-2-3-4-5-6-7-8-9-10-11-12-13-14-15-16-17-18-19-20-23-28-32-29-24-26-30-25-21-22-27-31(30)32/h21-22,24-27,29H,2-20,23,28H2,1H3/q+1. The third kappa shape index (κ3) is 12.6. The van der Waals surface area contributed by atoms with Crippen molar-refractivity contribution in [2.45, 2.75) is 142 Å². The summed E-state index contributed by atoms with van der Waals surface area (Å²) in [5.74, 6) is 0. The lowest BCUT2D eigenvalue weighted by Gasteiger charge is -2.04. The molecule has 0 bridgehead atoms. The van der Waals surface area contributed by atoms with Gasteiger partial charge in [0, 0.05) is 23.9 Å². The van der Waals surface area contributed by atoms with Crippen molar-refractivity contribution in [1.82, 2.24) is 0 Å². The third-order valence-electron chi connectivity index (χ3n) is 7.04. The van der Waals surface area contributed by atoms with Gasteiger partial charge in [0.15, 0.2) is 6.20 Å². The molecule has 0 spiro atoms. The molecule has 0 amide bonds. The molecule has 0 fully saturated rings. The molecule has 2 aromatic rings. The monoisotopic (exact) mass is 438 g/mol. The minimum Gasteiger partial charge on any atom is -0.198 e. The molecule has 1 heterocycles. The molecule has 1 aromatic heterocycles. The summed E-state index contributed by atoms with van der Waals surface area (Å²) in [6.07, 6.45) is 31.1. The molecular formula is C31H52N+. The lowest BCUT2D eigenvalue weighted by atomic mass is 10.0. The highest BCUT2D eigenvalue weighted by Gasteiger charge is 2.06. The number of nitrogens with zero attached hydrogens (tertiary/aromatic N) is 1. The molecule has 0 N–H and O–H groups in total. The van der Waals surface area contributed by atoms with Gasteiger partial charge in [0.25, 0.3) is 0 Å². The van der Waals surface area contributed by atoms with Crippen molar-refractivity contribution in [3.8, 4) is 0 Å². The summed E-state index contributed by atoms with van der Waals surface area (Å²) in [4.78, 5) is 0. The van der Waals surface area contributed by atoms with E-state index in [0.717, 1.165) is 6.54 Å². The van der Waals surface area contributed by atoms with E-state index in [2.05, 4.69) is 54.1 Å². The molecule has 1 nitrogen and oxygen atoms in total. The number of pyridine rings is 1.